The van der Waals surface area contributed by atoms with Crippen molar-refractivity contribution in [2.45, 2.75) is 50.7 Å². The van der Waals surface area contributed by atoms with Gasteiger partial charge in [-0.05, 0) is 12.8 Å². The van der Waals surface area contributed by atoms with E-state index in [2.05, 4.69) is 20.4 Å². The van der Waals surface area contributed by atoms with Gasteiger partial charge in [0, 0.05) is 19.7 Å². The maximum Gasteiger partial charge on any atom is 0.254 e. The van der Waals surface area contributed by atoms with E-state index in [1.165, 1.54) is 19.2 Å². The van der Waals surface area contributed by atoms with Gasteiger partial charge in [0.2, 0.25) is 0 Å². The van der Waals surface area contributed by atoms with E-state index in [4.69, 9.17) is 4.74 Å². The van der Waals surface area contributed by atoms with Gasteiger partial charge < -0.3 is 15.2 Å². The molecule has 0 spiro atoms. The molecule has 2 aromatic rings. The second-order valence-corrected chi connectivity index (χ2v) is 6.03. The fourth-order valence-electron chi connectivity index (χ4n) is 3.03. The first-order valence-electron chi connectivity index (χ1n) is 7.85. The summed E-state index contributed by atoms with van der Waals surface area (Å²) >= 11 is 0. The van der Waals surface area contributed by atoms with Crippen molar-refractivity contribution in [2.24, 2.45) is 0 Å². The molecule has 0 saturated heterocycles. The van der Waals surface area contributed by atoms with Crippen LogP contribution in [0, 0.1) is 0 Å². The molecule has 2 heterocycles. The van der Waals surface area contributed by atoms with Gasteiger partial charge in [-0.3, -0.25) is 0 Å². The van der Waals surface area contributed by atoms with Crippen molar-refractivity contribution >= 4 is 11.6 Å². The van der Waals surface area contributed by atoms with E-state index in [1.807, 2.05) is 6.07 Å². The second kappa shape index (κ2) is 6.58. The highest BCUT2D eigenvalue weighted by Gasteiger charge is 2.28. The zero-order chi connectivity index (χ0) is 15.4. The minimum atomic E-state index is -0.645. The summed E-state index contributed by atoms with van der Waals surface area (Å²) in [4.78, 5) is 8.51. The fraction of sp³-hybridized carbons (Fsp3) is 0.667. The van der Waals surface area contributed by atoms with Crippen molar-refractivity contribution in [2.75, 3.05) is 19.0 Å². The van der Waals surface area contributed by atoms with Crippen LogP contribution in [0.5, 0.6) is 0 Å². The van der Waals surface area contributed by atoms with E-state index in [-0.39, 0.29) is 0 Å². The van der Waals surface area contributed by atoms with Gasteiger partial charge in [0.25, 0.3) is 5.78 Å². The molecule has 0 aromatic carbocycles. The Bertz CT molecular complexity index is 619. The number of rotatable bonds is 5. The summed E-state index contributed by atoms with van der Waals surface area (Å²) in [5.74, 6) is 1.32. The van der Waals surface area contributed by atoms with Gasteiger partial charge >= 0.3 is 0 Å². The molecule has 2 N–H and O–H groups in total. The van der Waals surface area contributed by atoms with Crippen molar-refractivity contribution in [3.05, 3.63) is 18.1 Å². The van der Waals surface area contributed by atoms with E-state index in [0.29, 0.717) is 18.9 Å². The zero-order valence-corrected chi connectivity index (χ0v) is 13.0. The van der Waals surface area contributed by atoms with Crippen molar-refractivity contribution in [3.8, 4) is 0 Å². The van der Waals surface area contributed by atoms with E-state index in [1.54, 1.807) is 11.6 Å². The molecule has 0 bridgehead atoms. The van der Waals surface area contributed by atoms with Gasteiger partial charge in [-0.15, -0.1) is 0 Å². The van der Waals surface area contributed by atoms with Crippen LogP contribution in [0.15, 0.2) is 12.4 Å². The lowest BCUT2D eigenvalue weighted by Crippen LogP contribution is -2.36. The quantitative estimate of drug-likeness (QED) is 0.819. The summed E-state index contributed by atoms with van der Waals surface area (Å²) in [6.07, 6.45) is 7.76. The third kappa shape index (κ3) is 3.36. The molecule has 0 radical (unpaired) electrons. The highest BCUT2D eigenvalue weighted by Crippen LogP contribution is 2.27. The fourth-order valence-corrected chi connectivity index (χ4v) is 3.03. The van der Waals surface area contributed by atoms with Crippen LogP contribution in [0.2, 0.25) is 0 Å². The SMILES string of the molecule is COCc1cc(NCC2(O)CCCCCC2)n2ncnc2n1. The molecule has 1 aliphatic rings. The maximum atomic E-state index is 10.8. The summed E-state index contributed by atoms with van der Waals surface area (Å²) in [7, 11) is 1.64. The summed E-state index contributed by atoms with van der Waals surface area (Å²) in [5, 5.41) is 18.3. The molecule has 7 heteroatoms. The van der Waals surface area contributed by atoms with Gasteiger partial charge in [-0.1, -0.05) is 25.7 Å². The number of aromatic nitrogens is 4. The van der Waals surface area contributed by atoms with Crippen molar-refractivity contribution in [1.82, 2.24) is 19.6 Å². The number of anilines is 1. The monoisotopic (exact) mass is 305 g/mol. The van der Waals surface area contributed by atoms with Crippen LogP contribution in [0.4, 0.5) is 5.82 Å². The number of ether oxygens (including phenoxy) is 1. The van der Waals surface area contributed by atoms with Crippen molar-refractivity contribution in [3.63, 3.8) is 0 Å². The Kier molecular flexibility index (Phi) is 4.54. The zero-order valence-electron chi connectivity index (χ0n) is 13.0. The third-order valence-electron chi connectivity index (χ3n) is 4.23. The molecule has 2 aromatic heterocycles. The van der Waals surface area contributed by atoms with Gasteiger partial charge in [0.15, 0.2) is 0 Å². The molecule has 1 saturated carbocycles. The number of hydrogen-bond acceptors (Lipinski definition) is 6. The Hall–Kier alpha value is -1.73. The van der Waals surface area contributed by atoms with Crippen molar-refractivity contribution in [1.29, 1.82) is 0 Å². The molecule has 1 aliphatic carbocycles. The number of fused-ring (bicyclic) bond motifs is 1. The number of methoxy groups -OCH3 is 1. The molecular weight excluding hydrogens is 282 g/mol. The molecule has 3 rings (SSSR count). The average molecular weight is 305 g/mol. The summed E-state index contributed by atoms with van der Waals surface area (Å²) in [6, 6.07) is 1.89. The topological polar surface area (TPSA) is 84.6 Å². The lowest BCUT2D eigenvalue weighted by atomic mass is 9.94. The summed E-state index contributed by atoms with van der Waals surface area (Å²) in [6.45, 7) is 0.931. The molecule has 1 fully saturated rings. The van der Waals surface area contributed by atoms with Crippen LogP contribution in [0.25, 0.3) is 5.78 Å². The van der Waals surface area contributed by atoms with Gasteiger partial charge in [-0.25, -0.2) is 4.98 Å². The molecule has 0 unspecified atom stereocenters. The average Bonchev–Trinajstić information content (AvgIpc) is 2.87. The first-order chi connectivity index (χ1) is 10.7. The van der Waals surface area contributed by atoms with Crippen molar-refractivity contribution < 1.29 is 9.84 Å². The van der Waals surface area contributed by atoms with Crippen LogP contribution in [0.3, 0.4) is 0 Å². The lowest BCUT2D eigenvalue weighted by molar-refractivity contribution is 0.0380. The van der Waals surface area contributed by atoms with E-state index >= 15 is 0 Å². The highest BCUT2D eigenvalue weighted by atomic mass is 16.5. The number of nitrogens with one attached hydrogen (secondary N) is 1. The Balaban J connectivity index is 1.78. The number of hydrogen-bond donors (Lipinski definition) is 2. The normalized spacial score (nSPS) is 18.3. The van der Waals surface area contributed by atoms with Gasteiger partial charge in [0.1, 0.15) is 12.1 Å². The summed E-state index contributed by atoms with van der Waals surface area (Å²) < 4.78 is 6.79. The first kappa shape index (κ1) is 15.2. The standard InChI is InChI=1S/C15H23N5O2/c1-22-9-12-8-13(20-14(19-12)17-11-18-20)16-10-15(21)6-4-2-3-5-7-15/h8,11,16,21H,2-7,9-10H2,1H3. The summed E-state index contributed by atoms with van der Waals surface area (Å²) in [5.41, 5.74) is 0.145. The predicted molar refractivity (Wildman–Crippen MR) is 82.6 cm³/mol. The van der Waals surface area contributed by atoms with Crippen LogP contribution in [-0.4, -0.2) is 43.9 Å². The first-order valence-corrected chi connectivity index (χ1v) is 7.85. The largest absolute Gasteiger partial charge is 0.388 e. The van der Waals surface area contributed by atoms with Crippen LogP contribution >= 0.6 is 0 Å². The van der Waals surface area contributed by atoms with E-state index < -0.39 is 5.60 Å². The third-order valence-corrected chi connectivity index (χ3v) is 4.23. The minimum absolute atomic E-state index is 0.419. The minimum Gasteiger partial charge on any atom is -0.388 e. The van der Waals surface area contributed by atoms with Crippen LogP contribution < -0.4 is 5.32 Å². The second-order valence-electron chi connectivity index (χ2n) is 6.03. The van der Waals surface area contributed by atoms with E-state index in [0.717, 1.165) is 37.2 Å². The Morgan fingerprint density at radius 1 is 1.32 bits per heavy atom. The number of nitrogens with zero attached hydrogens (tertiary/aromatic N) is 4. The van der Waals surface area contributed by atoms with Gasteiger partial charge in [-0.2, -0.15) is 14.6 Å². The Morgan fingerprint density at radius 2 is 2.09 bits per heavy atom. The molecule has 22 heavy (non-hydrogen) atoms. The Morgan fingerprint density at radius 3 is 2.82 bits per heavy atom. The molecule has 0 aliphatic heterocycles. The molecule has 0 atom stereocenters. The molecule has 7 nitrogen and oxygen atoms in total. The molecule has 0 amide bonds. The Labute approximate surface area is 129 Å². The van der Waals surface area contributed by atoms with E-state index in [9.17, 15) is 5.11 Å². The smallest absolute Gasteiger partial charge is 0.254 e. The lowest BCUT2D eigenvalue weighted by Gasteiger charge is -2.27. The maximum absolute atomic E-state index is 10.8. The van der Waals surface area contributed by atoms with Gasteiger partial charge in [0.05, 0.1) is 17.9 Å². The predicted octanol–water partition coefficient (Wildman–Crippen LogP) is 1.77. The molecule has 120 valence electrons. The van der Waals surface area contributed by atoms with Crippen LogP contribution in [-0.2, 0) is 11.3 Å². The highest BCUT2D eigenvalue weighted by molar-refractivity contribution is 5.45. The van der Waals surface area contributed by atoms with Crippen LogP contribution in [0.1, 0.15) is 44.2 Å². The number of aliphatic hydroxyl groups is 1. The molecular formula is C15H23N5O2.